The number of nitrogen functional groups attached to an aromatic ring is 1. The van der Waals surface area contributed by atoms with Crippen molar-refractivity contribution in [1.82, 2.24) is 19.8 Å². The van der Waals surface area contributed by atoms with Crippen LogP contribution in [-0.2, 0) is 11.3 Å². The maximum absolute atomic E-state index is 12.6. The third-order valence-corrected chi connectivity index (χ3v) is 3.91. The third kappa shape index (κ3) is 3.68. The van der Waals surface area contributed by atoms with Crippen LogP contribution in [0.2, 0.25) is 0 Å². The quantitative estimate of drug-likeness (QED) is 0.781. The van der Waals surface area contributed by atoms with Crippen LogP contribution in [-0.4, -0.2) is 57.4 Å². The lowest BCUT2D eigenvalue weighted by Crippen LogP contribution is -2.45. The first-order valence-corrected chi connectivity index (χ1v) is 7.39. The number of nitrogens with zero attached hydrogens (tertiary/aromatic N) is 4. The lowest BCUT2D eigenvalue weighted by Gasteiger charge is -2.28. The molecule has 0 unspecified atom stereocenters. The highest BCUT2D eigenvalue weighted by molar-refractivity contribution is 5.82. The van der Waals surface area contributed by atoms with Crippen LogP contribution in [0, 0.1) is 0 Å². The fourth-order valence-electron chi connectivity index (χ4n) is 2.80. The molecule has 0 bridgehead atoms. The molecule has 1 aliphatic heterocycles. The van der Waals surface area contributed by atoms with E-state index in [2.05, 4.69) is 14.9 Å². The minimum absolute atomic E-state index is 0.0317. The maximum Gasteiger partial charge on any atom is 0.239 e. The summed E-state index contributed by atoms with van der Waals surface area (Å²) < 4.78 is 0. The summed E-state index contributed by atoms with van der Waals surface area (Å²) in [6.07, 6.45) is 4.10. The number of hydrogen-bond donors (Lipinski definition) is 2. The molecule has 0 spiro atoms. The molecule has 116 valence electrons. The fraction of sp³-hybridized carbons (Fsp3) is 0.643. The average molecular weight is 292 g/mol. The first kappa shape index (κ1) is 15.7. The van der Waals surface area contributed by atoms with Gasteiger partial charge in [0.25, 0.3) is 0 Å². The van der Waals surface area contributed by atoms with Gasteiger partial charge in [-0.1, -0.05) is 0 Å². The van der Waals surface area contributed by atoms with Gasteiger partial charge in [-0.05, 0) is 20.3 Å². The SMILES string of the molecule is CCN(CC)C(=O)[C@@H]1C[C@H](N)CN1Cc1cnc(N)nc1. The molecule has 1 fully saturated rings. The zero-order chi connectivity index (χ0) is 15.4. The van der Waals surface area contributed by atoms with E-state index >= 15 is 0 Å². The lowest BCUT2D eigenvalue weighted by molar-refractivity contribution is -0.135. The number of carbonyl (C=O) groups is 1. The van der Waals surface area contributed by atoms with Crippen molar-refractivity contribution in [3.05, 3.63) is 18.0 Å². The number of carbonyl (C=O) groups excluding carboxylic acids is 1. The molecule has 1 saturated heterocycles. The second-order valence-corrected chi connectivity index (χ2v) is 5.40. The first-order valence-electron chi connectivity index (χ1n) is 7.39. The van der Waals surface area contributed by atoms with Gasteiger partial charge in [-0.2, -0.15) is 0 Å². The van der Waals surface area contributed by atoms with Crippen molar-refractivity contribution in [1.29, 1.82) is 0 Å². The molecule has 1 aliphatic rings. The van der Waals surface area contributed by atoms with Gasteiger partial charge < -0.3 is 16.4 Å². The molecule has 21 heavy (non-hydrogen) atoms. The van der Waals surface area contributed by atoms with Crippen LogP contribution in [0.5, 0.6) is 0 Å². The Morgan fingerprint density at radius 2 is 2.00 bits per heavy atom. The number of amides is 1. The van der Waals surface area contributed by atoms with Gasteiger partial charge in [0.15, 0.2) is 0 Å². The molecule has 2 rings (SSSR count). The maximum atomic E-state index is 12.6. The monoisotopic (exact) mass is 292 g/mol. The standard InChI is InChI=1S/C14H24N6O/c1-3-19(4-2)13(21)12-5-11(15)9-20(12)8-10-6-17-14(16)18-7-10/h6-7,11-12H,3-5,8-9,15H2,1-2H3,(H2,16,17,18)/t11-,12-/m0/s1. The molecular weight excluding hydrogens is 268 g/mol. The summed E-state index contributed by atoms with van der Waals surface area (Å²) in [6.45, 7) is 6.76. The number of likely N-dealkylation sites (N-methyl/N-ethyl adjacent to an activating group) is 1. The first-order chi connectivity index (χ1) is 10.0. The van der Waals surface area contributed by atoms with E-state index in [1.165, 1.54) is 0 Å². The molecule has 0 aromatic carbocycles. The van der Waals surface area contributed by atoms with Crippen LogP contribution in [0.3, 0.4) is 0 Å². The molecule has 1 aromatic heterocycles. The molecule has 1 aromatic rings. The summed E-state index contributed by atoms with van der Waals surface area (Å²) in [5.41, 5.74) is 12.5. The van der Waals surface area contributed by atoms with Gasteiger partial charge in [0.1, 0.15) is 0 Å². The number of hydrogen-bond acceptors (Lipinski definition) is 6. The fourth-order valence-corrected chi connectivity index (χ4v) is 2.80. The number of aromatic nitrogens is 2. The zero-order valence-electron chi connectivity index (χ0n) is 12.7. The Morgan fingerprint density at radius 3 is 2.57 bits per heavy atom. The van der Waals surface area contributed by atoms with E-state index < -0.39 is 0 Å². The molecule has 4 N–H and O–H groups in total. The van der Waals surface area contributed by atoms with E-state index in [0.717, 1.165) is 18.7 Å². The highest BCUT2D eigenvalue weighted by Gasteiger charge is 2.36. The van der Waals surface area contributed by atoms with Gasteiger partial charge in [0, 0.05) is 50.2 Å². The molecule has 7 nitrogen and oxygen atoms in total. The van der Waals surface area contributed by atoms with Crippen molar-refractivity contribution < 1.29 is 4.79 Å². The Hall–Kier alpha value is -1.73. The van der Waals surface area contributed by atoms with Crippen LogP contribution in [0.25, 0.3) is 0 Å². The Labute approximate surface area is 125 Å². The van der Waals surface area contributed by atoms with E-state index in [4.69, 9.17) is 11.5 Å². The van der Waals surface area contributed by atoms with Gasteiger partial charge in [-0.15, -0.1) is 0 Å². The van der Waals surface area contributed by atoms with Crippen molar-refractivity contribution in [2.24, 2.45) is 5.73 Å². The van der Waals surface area contributed by atoms with Crippen molar-refractivity contribution in [3.8, 4) is 0 Å². The largest absolute Gasteiger partial charge is 0.368 e. The second-order valence-electron chi connectivity index (χ2n) is 5.40. The Morgan fingerprint density at radius 1 is 1.38 bits per heavy atom. The normalized spacial score (nSPS) is 22.4. The molecule has 7 heteroatoms. The average Bonchev–Trinajstić information content (AvgIpc) is 2.83. The van der Waals surface area contributed by atoms with E-state index in [-0.39, 0.29) is 23.9 Å². The summed E-state index contributed by atoms with van der Waals surface area (Å²) in [5, 5.41) is 0. The van der Waals surface area contributed by atoms with Crippen molar-refractivity contribution in [2.45, 2.75) is 38.9 Å². The Kier molecular flexibility index (Phi) is 5.08. The summed E-state index contributed by atoms with van der Waals surface area (Å²) in [7, 11) is 0. The van der Waals surface area contributed by atoms with Gasteiger partial charge >= 0.3 is 0 Å². The van der Waals surface area contributed by atoms with Gasteiger partial charge in [-0.3, -0.25) is 9.69 Å². The van der Waals surface area contributed by atoms with Gasteiger partial charge in [-0.25, -0.2) is 9.97 Å². The number of rotatable bonds is 5. The summed E-state index contributed by atoms with van der Waals surface area (Å²) in [4.78, 5) is 24.5. The van der Waals surface area contributed by atoms with Crippen molar-refractivity contribution in [3.63, 3.8) is 0 Å². The van der Waals surface area contributed by atoms with E-state index in [9.17, 15) is 4.79 Å². The third-order valence-electron chi connectivity index (χ3n) is 3.91. The van der Waals surface area contributed by atoms with Gasteiger partial charge in [0.05, 0.1) is 6.04 Å². The predicted octanol–water partition coefficient (Wildman–Crippen LogP) is -0.171. The van der Waals surface area contributed by atoms with Crippen molar-refractivity contribution in [2.75, 3.05) is 25.4 Å². The highest BCUT2D eigenvalue weighted by Crippen LogP contribution is 2.21. The van der Waals surface area contributed by atoms with Crippen LogP contribution < -0.4 is 11.5 Å². The minimum Gasteiger partial charge on any atom is -0.368 e. The summed E-state index contributed by atoms with van der Waals surface area (Å²) in [6, 6.07) is -0.123. The lowest BCUT2D eigenvalue weighted by atomic mass is 10.1. The van der Waals surface area contributed by atoms with Crippen LogP contribution in [0.15, 0.2) is 12.4 Å². The highest BCUT2D eigenvalue weighted by atomic mass is 16.2. The zero-order valence-corrected chi connectivity index (χ0v) is 12.7. The van der Waals surface area contributed by atoms with Crippen LogP contribution >= 0.6 is 0 Å². The molecule has 0 radical (unpaired) electrons. The molecule has 0 aliphatic carbocycles. The summed E-state index contributed by atoms with van der Waals surface area (Å²) >= 11 is 0. The Balaban J connectivity index is 2.09. The Bertz CT molecular complexity index is 473. The van der Waals surface area contributed by atoms with E-state index in [1.807, 2.05) is 18.7 Å². The summed E-state index contributed by atoms with van der Waals surface area (Å²) in [5.74, 6) is 0.414. The van der Waals surface area contributed by atoms with Crippen molar-refractivity contribution >= 4 is 11.9 Å². The molecule has 0 saturated carbocycles. The van der Waals surface area contributed by atoms with Crippen LogP contribution in [0.4, 0.5) is 5.95 Å². The topological polar surface area (TPSA) is 101 Å². The van der Waals surface area contributed by atoms with Crippen LogP contribution in [0.1, 0.15) is 25.8 Å². The molecule has 2 atom stereocenters. The minimum atomic E-state index is -0.155. The van der Waals surface area contributed by atoms with E-state index in [0.29, 0.717) is 19.5 Å². The molecule has 2 heterocycles. The van der Waals surface area contributed by atoms with Gasteiger partial charge in [0.2, 0.25) is 11.9 Å². The molecular formula is C14H24N6O. The second kappa shape index (κ2) is 6.82. The van der Waals surface area contributed by atoms with E-state index in [1.54, 1.807) is 12.4 Å². The number of nitrogens with two attached hydrogens (primary N) is 2. The number of likely N-dealkylation sites (tertiary alicyclic amines) is 1. The molecule has 1 amide bonds. The predicted molar refractivity (Wildman–Crippen MR) is 81.2 cm³/mol. The number of anilines is 1. The smallest absolute Gasteiger partial charge is 0.239 e.